The summed E-state index contributed by atoms with van der Waals surface area (Å²) < 4.78 is 1.13. The third kappa shape index (κ3) is 1.47. The van der Waals surface area contributed by atoms with Crippen molar-refractivity contribution < 1.29 is 0 Å². The van der Waals surface area contributed by atoms with E-state index in [0.29, 0.717) is 0 Å². The highest BCUT2D eigenvalue weighted by atomic mass is 79.9. The molecule has 0 unspecified atom stereocenters. The second-order valence-corrected chi connectivity index (χ2v) is 4.69. The zero-order valence-electron chi connectivity index (χ0n) is 6.75. The quantitative estimate of drug-likeness (QED) is 0.463. The topological polar surface area (TPSA) is 26.0 Å². The summed E-state index contributed by atoms with van der Waals surface area (Å²) in [7, 11) is 0. The number of halogens is 1. The molecule has 1 nitrogen and oxygen atoms in total. The maximum absolute atomic E-state index is 5.90. The Bertz CT molecular complexity index is 450. The van der Waals surface area contributed by atoms with Crippen molar-refractivity contribution >= 4 is 55.7 Å². The predicted molar refractivity (Wildman–Crippen MR) is 66.1 cm³/mol. The van der Waals surface area contributed by atoms with Gasteiger partial charge in [0.2, 0.25) is 0 Å². The van der Waals surface area contributed by atoms with Crippen LogP contribution in [0.5, 0.6) is 0 Å². The van der Waals surface area contributed by atoms with Crippen molar-refractivity contribution in [2.24, 2.45) is 0 Å². The number of hydrogen-bond donors (Lipinski definition) is 2. The molecule has 0 amide bonds. The summed E-state index contributed by atoms with van der Waals surface area (Å²) in [5, 5.41) is 3.99. The minimum atomic E-state index is 0.793. The van der Waals surface area contributed by atoms with Crippen molar-refractivity contribution in [2.45, 2.75) is 10.2 Å². The Morgan fingerprint density at radius 2 is 2.31 bits per heavy atom. The molecule has 13 heavy (non-hydrogen) atoms. The van der Waals surface area contributed by atoms with Gasteiger partial charge in [0.05, 0.1) is 4.70 Å². The lowest BCUT2D eigenvalue weighted by Crippen LogP contribution is -1.89. The first-order chi connectivity index (χ1) is 6.24. The summed E-state index contributed by atoms with van der Waals surface area (Å²) >= 11 is 9.55. The Kier molecular flexibility index (Phi) is 2.53. The van der Waals surface area contributed by atoms with Gasteiger partial charge in [-0.1, -0.05) is 15.9 Å². The lowest BCUT2D eigenvalue weighted by Gasteiger charge is -2.05. The van der Waals surface area contributed by atoms with Crippen LogP contribution in [0.2, 0.25) is 0 Å². The van der Waals surface area contributed by atoms with Crippen LogP contribution in [0.25, 0.3) is 10.1 Å². The van der Waals surface area contributed by atoms with E-state index < -0.39 is 0 Å². The van der Waals surface area contributed by atoms with Crippen molar-refractivity contribution in [3.05, 3.63) is 23.1 Å². The molecule has 68 valence electrons. The molecule has 2 N–H and O–H groups in total. The molecule has 0 atom stereocenters. The summed E-state index contributed by atoms with van der Waals surface area (Å²) in [5.41, 5.74) is 7.89. The molecule has 1 aromatic carbocycles. The van der Waals surface area contributed by atoms with Crippen LogP contribution < -0.4 is 5.73 Å². The average Bonchev–Trinajstić information content (AvgIpc) is 2.60. The van der Waals surface area contributed by atoms with Gasteiger partial charge in [0.25, 0.3) is 0 Å². The average molecular weight is 274 g/mol. The molecular weight excluding hydrogens is 266 g/mol. The van der Waals surface area contributed by atoms with Gasteiger partial charge in [0, 0.05) is 21.3 Å². The molecule has 1 aromatic heterocycles. The third-order valence-corrected chi connectivity index (χ3v) is 4.06. The number of rotatable bonds is 1. The molecule has 0 saturated carbocycles. The largest absolute Gasteiger partial charge is 0.398 e. The lowest BCUT2D eigenvalue weighted by atomic mass is 10.1. The standard InChI is InChI=1S/C9H8BrNS2/c10-4-5-3-7(11)9-6(8(5)12)1-2-13-9/h1-3,12H,4,11H2. The Hall–Kier alpha value is -0.190. The van der Waals surface area contributed by atoms with E-state index in [4.69, 9.17) is 5.73 Å². The first-order valence-electron chi connectivity index (χ1n) is 3.77. The smallest absolute Gasteiger partial charge is 0.0583 e. The summed E-state index contributed by atoms with van der Waals surface area (Å²) in [6.45, 7) is 0. The van der Waals surface area contributed by atoms with Crippen LogP contribution in [0.15, 0.2) is 22.4 Å². The van der Waals surface area contributed by atoms with E-state index in [-0.39, 0.29) is 0 Å². The Balaban J connectivity index is 2.85. The molecule has 0 fully saturated rings. The highest BCUT2D eigenvalue weighted by Gasteiger charge is 2.07. The SMILES string of the molecule is Nc1cc(CBr)c(S)c2ccsc12. The second kappa shape index (κ2) is 3.52. The minimum absolute atomic E-state index is 0.793. The van der Waals surface area contributed by atoms with Gasteiger partial charge in [-0.15, -0.1) is 24.0 Å². The summed E-state index contributed by atoms with van der Waals surface area (Å²) in [5.74, 6) is 0. The van der Waals surface area contributed by atoms with Crippen LogP contribution in [0, 0.1) is 0 Å². The predicted octanol–water partition coefficient (Wildman–Crippen LogP) is 3.67. The van der Waals surface area contributed by atoms with Crippen molar-refractivity contribution in [3.63, 3.8) is 0 Å². The molecule has 0 aliphatic heterocycles. The van der Waals surface area contributed by atoms with Gasteiger partial charge in [-0.05, 0) is 23.1 Å². The van der Waals surface area contributed by atoms with E-state index in [0.717, 1.165) is 31.6 Å². The summed E-state index contributed by atoms with van der Waals surface area (Å²) in [6, 6.07) is 4.04. The Morgan fingerprint density at radius 3 is 3.00 bits per heavy atom. The van der Waals surface area contributed by atoms with Gasteiger partial charge < -0.3 is 5.73 Å². The molecule has 0 aliphatic carbocycles. The fourth-order valence-electron chi connectivity index (χ4n) is 1.32. The van der Waals surface area contributed by atoms with E-state index in [1.54, 1.807) is 11.3 Å². The van der Waals surface area contributed by atoms with Gasteiger partial charge >= 0.3 is 0 Å². The normalized spacial score (nSPS) is 10.9. The van der Waals surface area contributed by atoms with Crippen LogP contribution in [0.1, 0.15) is 5.56 Å². The number of anilines is 1. The van der Waals surface area contributed by atoms with Crippen molar-refractivity contribution in [1.82, 2.24) is 0 Å². The molecule has 0 radical (unpaired) electrons. The fourth-order valence-corrected chi connectivity index (χ4v) is 3.21. The van der Waals surface area contributed by atoms with E-state index >= 15 is 0 Å². The highest BCUT2D eigenvalue weighted by molar-refractivity contribution is 9.08. The maximum Gasteiger partial charge on any atom is 0.0583 e. The van der Waals surface area contributed by atoms with Gasteiger partial charge in [-0.3, -0.25) is 0 Å². The first-order valence-corrected chi connectivity index (χ1v) is 6.22. The van der Waals surface area contributed by atoms with Crippen molar-refractivity contribution in [2.75, 3.05) is 5.73 Å². The number of nitrogen functional groups attached to an aromatic ring is 1. The zero-order chi connectivity index (χ0) is 9.42. The van der Waals surface area contributed by atoms with Gasteiger partial charge in [0.15, 0.2) is 0 Å². The van der Waals surface area contributed by atoms with Gasteiger partial charge in [-0.2, -0.15) is 0 Å². The van der Waals surface area contributed by atoms with Crippen molar-refractivity contribution in [1.29, 1.82) is 0 Å². The van der Waals surface area contributed by atoms with E-state index in [9.17, 15) is 0 Å². The number of thiol groups is 1. The number of fused-ring (bicyclic) bond motifs is 1. The van der Waals surface area contributed by atoms with E-state index in [1.165, 1.54) is 0 Å². The van der Waals surface area contributed by atoms with Crippen LogP contribution in [-0.4, -0.2) is 0 Å². The zero-order valence-corrected chi connectivity index (χ0v) is 10.0. The minimum Gasteiger partial charge on any atom is -0.398 e. The number of hydrogen-bond acceptors (Lipinski definition) is 3. The molecule has 2 rings (SSSR count). The van der Waals surface area contributed by atoms with Crippen LogP contribution in [0.4, 0.5) is 5.69 Å². The summed E-state index contributed by atoms with van der Waals surface area (Å²) in [4.78, 5) is 1.03. The Labute approximate surface area is 94.5 Å². The molecule has 0 spiro atoms. The van der Waals surface area contributed by atoms with Crippen LogP contribution in [-0.2, 0) is 5.33 Å². The number of thiophene rings is 1. The Morgan fingerprint density at radius 1 is 1.54 bits per heavy atom. The maximum atomic E-state index is 5.90. The third-order valence-electron chi connectivity index (χ3n) is 1.96. The molecular formula is C9H8BrNS2. The van der Waals surface area contributed by atoms with Crippen LogP contribution >= 0.6 is 39.9 Å². The monoisotopic (exact) mass is 273 g/mol. The molecule has 1 heterocycles. The molecule has 2 aromatic rings. The van der Waals surface area contributed by atoms with Crippen LogP contribution in [0.3, 0.4) is 0 Å². The highest BCUT2D eigenvalue weighted by Crippen LogP contribution is 2.35. The molecule has 0 saturated heterocycles. The number of benzene rings is 1. The van der Waals surface area contributed by atoms with E-state index in [1.807, 2.05) is 11.4 Å². The van der Waals surface area contributed by atoms with Gasteiger partial charge in [0.1, 0.15) is 0 Å². The fraction of sp³-hybridized carbons (Fsp3) is 0.111. The van der Waals surface area contributed by atoms with Crippen molar-refractivity contribution in [3.8, 4) is 0 Å². The lowest BCUT2D eigenvalue weighted by molar-refractivity contribution is 1.34. The second-order valence-electron chi connectivity index (χ2n) is 2.77. The number of nitrogens with two attached hydrogens (primary N) is 1. The first kappa shape index (κ1) is 9.37. The molecule has 0 aliphatic rings. The summed E-state index contributed by atoms with van der Waals surface area (Å²) in [6.07, 6.45) is 0. The van der Waals surface area contributed by atoms with E-state index in [2.05, 4.69) is 34.6 Å². The molecule has 0 bridgehead atoms. The number of alkyl halides is 1. The molecule has 4 heteroatoms. The van der Waals surface area contributed by atoms with Gasteiger partial charge in [-0.25, -0.2) is 0 Å².